The summed E-state index contributed by atoms with van der Waals surface area (Å²) in [5.41, 5.74) is 6.93. The van der Waals surface area contributed by atoms with Crippen molar-refractivity contribution in [1.82, 2.24) is 0 Å². The zero-order valence-corrected chi connectivity index (χ0v) is 48.1. The quantitative estimate of drug-likeness (QED) is 0.0356. The maximum atomic E-state index is 12.9. The van der Waals surface area contributed by atoms with Gasteiger partial charge in [-0.1, -0.05) is 12.2 Å². The number of carbonyl (C=O) groups is 2. The third-order valence-electron chi connectivity index (χ3n) is 15.0. The molecule has 2 heterocycles. The fourth-order valence-electron chi connectivity index (χ4n) is 10.8. The second-order valence-corrected chi connectivity index (χ2v) is 19.4. The molecule has 0 radical (unpaired) electrons. The van der Waals surface area contributed by atoms with E-state index in [-0.39, 0.29) is 61.7 Å². The SMILES string of the molecule is COc1cc2c(cc1OC)[C@H](Cc1cc(OC)c(OC)c(OC)c1)[N@@+](C)(CCCOC(=O)CC/C=C\CCC(=O)OCCC[N@@+]1(C)CCc3cc(OC)c(OC)cc3[C@@H]1Cc1cc(OC)c(OC)c(OC)c1)CC2.[Cl-].[Cl-]. The van der Waals surface area contributed by atoms with Crippen LogP contribution in [-0.4, -0.2) is 145 Å². The number of benzene rings is 4. The van der Waals surface area contributed by atoms with Crippen molar-refractivity contribution in [2.24, 2.45) is 0 Å². The van der Waals surface area contributed by atoms with E-state index >= 15 is 0 Å². The Morgan fingerprint density at radius 1 is 0.461 bits per heavy atom. The molecule has 18 heteroatoms. The zero-order chi connectivity index (χ0) is 53.4. The highest BCUT2D eigenvalue weighted by Crippen LogP contribution is 2.47. The Hall–Kier alpha value is -5.94. The van der Waals surface area contributed by atoms with E-state index < -0.39 is 0 Å². The summed E-state index contributed by atoms with van der Waals surface area (Å²) < 4.78 is 69.8. The average molecular weight is 1100 g/mol. The summed E-state index contributed by atoms with van der Waals surface area (Å²) in [5, 5.41) is 0. The van der Waals surface area contributed by atoms with Gasteiger partial charge in [0.2, 0.25) is 11.5 Å². The van der Waals surface area contributed by atoms with E-state index in [9.17, 15) is 9.59 Å². The molecule has 420 valence electrons. The predicted octanol–water partition coefficient (Wildman–Crippen LogP) is 3.04. The summed E-state index contributed by atoms with van der Waals surface area (Å²) in [6.45, 7) is 4.02. The number of nitrogens with zero attached hydrogens (tertiary/aromatic N) is 2. The molecular weight excluding hydrogens is 1020 g/mol. The highest BCUT2D eigenvalue weighted by Gasteiger charge is 2.42. The van der Waals surface area contributed by atoms with Crippen molar-refractivity contribution in [3.8, 4) is 57.5 Å². The first-order valence-electron chi connectivity index (χ1n) is 25.5. The Kier molecular flexibility index (Phi) is 24.3. The van der Waals surface area contributed by atoms with Crippen molar-refractivity contribution < 1.29 is 100 Å². The van der Waals surface area contributed by atoms with Gasteiger partial charge in [-0.3, -0.25) is 9.59 Å². The monoisotopic (exact) mass is 1100 g/mol. The van der Waals surface area contributed by atoms with Crippen molar-refractivity contribution in [2.45, 2.75) is 76.3 Å². The van der Waals surface area contributed by atoms with Crippen LogP contribution in [0.2, 0.25) is 0 Å². The zero-order valence-electron chi connectivity index (χ0n) is 46.6. The number of esters is 2. The number of quaternary nitrogens is 2. The van der Waals surface area contributed by atoms with Crippen molar-refractivity contribution in [2.75, 3.05) is 125 Å². The summed E-state index contributed by atoms with van der Waals surface area (Å²) in [6, 6.07) is 16.5. The Bertz CT molecular complexity index is 2350. The first-order valence-corrected chi connectivity index (χ1v) is 25.5. The van der Waals surface area contributed by atoms with Crippen LogP contribution in [0.5, 0.6) is 57.5 Å². The molecule has 4 aromatic rings. The minimum atomic E-state index is -0.246. The fraction of sp³-hybridized carbons (Fsp3) is 0.517. The number of ether oxygens (including phenoxy) is 12. The van der Waals surface area contributed by atoms with Gasteiger partial charge >= 0.3 is 11.9 Å². The Morgan fingerprint density at radius 3 is 1.08 bits per heavy atom. The average Bonchev–Trinajstić information content (AvgIpc) is 3.42. The van der Waals surface area contributed by atoms with Gasteiger partial charge in [-0.05, 0) is 83.6 Å². The third-order valence-corrected chi connectivity index (χ3v) is 15.0. The minimum Gasteiger partial charge on any atom is -1.00 e. The second-order valence-electron chi connectivity index (χ2n) is 19.4. The van der Waals surface area contributed by atoms with Crippen LogP contribution in [0.15, 0.2) is 60.7 Å². The van der Waals surface area contributed by atoms with Crippen molar-refractivity contribution >= 4 is 11.9 Å². The summed E-state index contributed by atoms with van der Waals surface area (Å²) in [5.74, 6) is 5.81. The molecule has 0 N–H and O–H groups in total. The summed E-state index contributed by atoms with van der Waals surface area (Å²) in [7, 11) is 20.9. The van der Waals surface area contributed by atoms with E-state index in [0.717, 1.165) is 59.1 Å². The van der Waals surface area contributed by atoms with Crippen LogP contribution in [0.1, 0.15) is 84.0 Å². The number of carbonyl (C=O) groups excluding carboxylic acids is 2. The van der Waals surface area contributed by atoms with Gasteiger partial charge in [0.15, 0.2) is 46.0 Å². The van der Waals surface area contributed by atoms with Gasteiger partial charge in [0, 0.05) is 62.5 Å². The van der Waals surface area contributed by atoms with Crippen LogP contribution in [0.25, 0.3) is 0 Å². The molecule has 0 saturated carbocycles. The van der Waals surface area contributed by atoms with E-state index in [1.165, 1.54) is 22.3 Å². The van der Waals surface area contributed by atoms with Gasteiger partial charge in [0.05, 0.1) is 125 Å². The lowest BCUT2D eigenvalue weighted by atomic mass is 9.86. The molecule has 76 heavy (non-hydrogen) atoms. The molecule has 6 rings (SSSR count). The number of allylic oxidation sites excluding steroid dienone is 2. The van der Waals surface area contributed by atoms with Gasteiger partial charge in [0.1, 0.15) is 12.1 Å². The molecule has 0 unspecified atom stereocenters. The van der Waals surface area contributed by atoms with Crippen molar-refractivity contribution in [3.05, 3.63) is 94.1 Å². The first-order chi connectivity index (χ1) is 35.7. The van der Waals surface area contributed by atoms with Crippen LogP contribution in [-0.2, 0) is 44.7 Å². The number of halogens is 2. The van der Waals surface area contributed by atoms with Gasteiger partial charge in [-0.2, -0.15) is 0 Å². The van der Waals surface area contributed by atoms with Crippen LogP contribution < -0.4 is 72.2 Å². The lowest BCUT2D eigenvalue weighted by Gasteiger charge is -2.46. The first kappa shape index (κ1) is 62.6. The highest BCUT2D eigenvalue weighted by molar-refractivity contribution is 5.70. The van der Waals surface area contributed by atoms with E-state index in [4.69, 9.17) is 56.8 Å². The number of hydrogen-bond acceptors (Lipinski definition) is 14. The highest BCUT2D eigenvalue weighted by atomic mass is 35.5. The summed E-state index contributed by atoms with van der Waals surface area (Å²) in [4.78, 5) is 25.7. The van der Waals surface area contributed by atoms with E-state index in [1.807, 2.05) is 36.4 Å². The summed E-state index contributed by atoms with van der Waals surface area (Å²) >= 11 is 0. The van der Waals surface area contributed by atoms with E-state index in [2.05, 4.69) is 38.4 Å². The lowest BCUT2D eigenvalue weighted by molar-refractivity contribution is -0.941. The predicted molar refractivity (Wildman–Crippen MR) is 282 cm³/mol. The number of methoxy groups -OCH3 is 10. The molecule has 2 aliphatic heterocycles. The molecule has 0 saturated heterocycles. The number of likely N-dealkylation sites (N-methyl/N-ethyl adjacent to an activating group) is 2. The fourth-order valence-corrected chi connectivity index (χ4v) is 10.8. The van der Waals surface area contributed by atoms with Crippen molar-refractivity contribution in [3.63, 3.8) is 0 Å². The maximum absolute atomic E-state index is 12.9. The second kappa shape index (κ2) is 29.5. The van der Waals surface area contributed by atoms with Crippen molar-refractivity contribution in [1.29, 1.82) is 0 Å². The normalized spacial score (nSPS) is 18.4. The molecule has 2 aliphatic rings. The minimum absolute atomic E-state index is 0. The van der Waals surface area contributed by atoms with Gasteiger partial charge < -0.3 is 90.6 Å². The lowest BCUT2D eigenvalue weighted by Crippen LogP contribution is -3.00. The topological polar surface area (TPSA) is 145 Å². The van der Waals surface area contributed by atoms with Gasteiger partial charge in [-0.25, -0.2) is 0 Å². The molecule has 0 bridgehead atoms. The van der Waals surface area contributed by atoms with Crippen LogP contribution in [0, 0.1) is 0 Å². The molecule has 0 aliphatic carbocycles. The Morgan fingerprint density at radius 2 is 0.776 bits per heavy atom. The molecule has 16 nitrogen and oxygen atoms in total. The molecular formula is C58H80Cl2N2O14. The Labute approximate surface area is 462 Å². The van der Waals surface area contributed by atoms with E-state index in [1.54, 1.807) is 71.1 Å². The largest absolute Gasteiger partial charge is 1.00 e. The smallest absolute Gasteiger partial charge is 0.306 e. The molecule has 4 atom stereocenters. The maximum Gasteiger partial charge on any atom is 0.306 e. The molecule has 0 spiro atoms. The van der Waals surface area contributed by atoms with Crippen LogP contribution >= 0.6 is 0 Å². The van der Waals surface area contributed by atoms with Crippen LogP contribution in [0.3, 0.4) is 0 Å². The Balaban J connectivity index is 0.00000624. The molecule has 0 amide bonds. The summed E-state index contributed by atoms with van der Waals surface area (Å²) in [6.07, 6.45) is 9.94. The molecule has 0 fully saturated rings. The van der Waals surface area contributed by atoms with Gasteiger partial charge in [0.25, 0.3) is 0 Å². The third kappa shape index (κ3) is 15.0. The van der Waals surface area contributed by atoms with Crippen LogP contribution in [0.4, 0.5) is 0 Å². The number of rotatable bonds is 28. The number of fused-ring (bicyclic) bond motifs is 2. The van der Waals surface area contributed by atoms with E-state index in [0.29, 0.717) is 109 Å². The standard InChI is InChI=1S/C58H80N2O14.2ClH/c1-59(25-21-41-35-47(63-3)49(65-5)37-43(41)45(59)29-39-31-51(67-7)57(71-11)52(32-39)68-8)23-17-27-73-55(61)19-15-13-14-16-20-56(62)74-28-18-24-60(2)26-22-42-36-48(64-4)50(66-6)38-44(42)46(60)30-40-33-53(69-9)58(72-12)54(34-40)70-10;;/h13-14,31-38,45-46H,15-30H2,1-12H3;2*1H/q+2;;/p-2/b14-13-;;/t45-,46-,59-,60-;;/m0../s1. The molecule has 4 aromatic carbocycles. The van der Waals surface area contributed by atoms with Gasteiger partial charge in [-0.15, -0.1) is 0 Å². The molecule has 0 aromatic heterocycles. The number of hydrogen-bond donors (Lipinski definition) is 0.